The number of aromatic nitrogens is 2. The van der Waals surface area contributed by atoms with E-state index in [9.17, 15) is 0 Å². The van der Waals surface area contributed by atoms with Crippen molar-refractivity contribution in [1.29, 1.82) is 0 Å². The molecule has 16 aromatic rings. The minimum atomic E-state index is -0.364. The maximum atomic E-state index is 8.42. The van der Waals surface area contributed by atoms with Gasteiger partial charge in [-0.15, -0.1) is 22.7 Å². The van der Waals surface area contributed by atoms with E-state index in [4.69, 9.17) is 15.1 Å². The van der Waals surface area contributed by atoms with Crippen molar-refractivity contribution in [2.24, 2.45) is 11.8 Å². The van der Waals surface area contributed by atoms with Crippen LogP contribution in [0.5, 0.6) is 0 Å². The van der Waals surface area contributed by atoms with Crippen LogP contribution in [0.3, 0.4) is 0 Å². The number of benzene rings is 12. The molecule has 508 valence electrons. The standard InChI is InChI=1S/2C22H21N.2C22H20S.2C4H10/c1-22(2,3)16-9-8-10-17(15-16)23-20-13-6-4-11-18(20)19-12-5-7-14-21(19)23;1-22(2,3)16-12-14-17(15-13-16)23-20-10-6-4-8-18(20)19-9-5-7-11-21(19)23;1-22(2,3)17-12-8-14-19-21(17)20-16(11-7-13-18(20)23-19)15-9-5-4-6-10-15;1-22(2,3)19-14-8-13-18-17-12-7-11-16(20(17)23-21(18)19)15-9-5-4-6-10-15;2*1-4(2)3/h2*4-15H,1-3H3;2*4-14H,1-3H3;2*4H,1-3H3/i;;2*4D,5D,6D,9D,10D;4D;. The number of hydrogen-bond acceptors (Lipinski definition) is 2. The van der Waals surface area contributed by atoms with Crippen molar-refractivity contribution in [1.82, 2.24) is 9.13 Å². The Hall–Kier alpha value is -9.32. The molecule has 0 atom stereocenters. The lowest BCUT2D eigenvalue weighted by atomic mass is 9.83. The summed E-state index contributed by atoms with van der Waals surface area (Å²) in [5.74, 6) is 0.583. The summed E-state index contributed by atoms with van der Waals surface area (Å²) in [5.41, 5.74) is 14.8. The Bertz CT molecular complexity index is 5940. The van der Waals surface area contributed by atoms with E-state index in [2.05, 4.69) is 295 Å². The molecule has 4 heterocycles. The lowest BCUT2D eigenvalue weighted by Crippen LogP contribution is -2.11. The topological polar surface area (TPSA) is 9.86 Å². The molecular weight excluding hydrogens is 1250 g/mol. The van der Waals surface area contributed by atoms with Crippen LogP contribution in [0.15, 0.2) is 279 Å². The van der Waals surface area contributed by atoms with Crippen LogP contribution in [0.2, 0.25) is 0 Å². The fraction of sp³-hybridized carbons (Fsp3) is 0.250. The van der Waals surface area contributed by atoms with Gasteiger partial charge in [0.2, 0.25) is 0 Å². The Morgan fingerprint density at radius 2 is 0.690 bits per heavy atom. The molecule has 0 saturated carbocycles. The highest BCUT2D eigenvalue weighted by Gasteiger charge is 2.24. The van der Waals surface area contributed by atoms with Gasteiger partial charge in [0.15, 0.2) is 0 Å². The van der Waals surface area contributed by atoms with Gasteiger partial charge in [-0.2, -0.15) is 0 Å². The minimum Gasteiger partial charge on any atom is -0.309 e. The van der Waals surface area contributed by atoms with Gasteiger partial charge < -0.3 is 9.13 Å². The van der Waals surface area contributed by atoms with Crippen molar-refractivity contribution in [2.75, 3.05) is 0 Å². The van der Waals surface area contributed by atoms with Gasteiger partial charge in [0, 0.05) is 74.6 Å². The van der Waals surface area contributed by atoms with Crippen LogP contribution in [-0.4, -0.2) is 9.13 Å². The molecule has 0 bridgehead atoms. The maximum Gasteiger partial charge on any atom is 0.0629 e. The fourth-order valence-electron chi connectivity index (χ4n) is 12.7. The van der Waals surface area contributed by atoms with Gasteiger partial charge in [0.1, 0.15) is 0 Å². The summed E-state index contributed by atoms with van der Waals surface area (Å²) in [5, 5.41) is 9.50. The summed E-state index contributed by atoms with van der Waals surface area (Å²) in [4.78, 5) is 0. The highest BCUT2D eigenvalue weighted by molar-refractivity contribution is 7.26. The number of para-hydroxylation sites is 4. The molecule has 0 saturated heterocycles. The normalized spacial score (nSPS) is 13.5. The van der Waals surface area contributed by atoms with Crippen molar-refractivity contribution in [3.8, 4) is 33.6 Å². The summed E-state index contributed by atoms with van der Waals surface area (Å²) >= 11 is 3.30. The van der Waals surface area contributed by atoms with Gasteiger partial charge in [0.05, 0.1) is 35.8 Å². The summed E-state index contributed by atoms with van der Waals surface area (Å²) in [6.07, 6.45) is 0. The number of hydrogen-bond donors (Lipinski definition) is 0. The lowest BCUT2D eigenvalue weighted by molar-refractivity contribution is 0.590. The van der Waals surface area contributed by atoms with Crippen molar-refractivity contribution in [3.05, 3.63) is 301 Å². The molecule has 0 amide bonds. The second kappa shape index (κ2) is 30.3. The Labute approximate surface area is 620 Å². The zero-order chi connectivity index (χ0) is 80.9. The van der Waals surface area contributed by atoms with E-state index in [1.807, 2.05) is 57.2 Å². The van der Waals surface area contributed by atoms with Gasteiger partial charge in [-0.3, -0.25) is 0 Å². The Morgan fingerprint density at radius 1 is 0.320 bits per heavy atom. The highest BCUT2D eigenvalue weighted by Crippen LogP contribution is 2.46. The van der Waals surface area contributed by atoms with Crippen molar-refractivity contribution in [3.63, 3.8) is 0 Å². The van der Waals surface area contributed by atoms with Crippen LogP contribution in [0.4, 0.5) is 0 Å². The number of thiophene rings is 2. The average Bonchev–Trinajstić information content (AvgIpc) is 1.66. The first-order valence-electron chi connectivity index (χ1n) is 40.3. The number of nitrogens with zero attached hydrogens (tertiary/aromatic N) is 2. The van der Waals surface area contributed by atoms with Crippen molar-refractivity contribution in [2.45, 2.75) is 146 Å². The SMILES string of the molecule is CC(C)(C)c1ccc(-n2c3ccccc3c3ccccc32)cc1.CC(C)(C)c1cccc(-n2c3ccccc3c3ccccc32)c1.CC(C)C.[2H]C(C)(C)C.[2H]c1c([2H])c([2H])c(-c2cccc3c2sc2c(C(C)(C)C)cccc23)c([2H])c1[2H].[2H]c1c([2H])c([2H])c(-c2cccc3sc4cccc(C(C)(C)C)c4c23)c([2H])c1[2H]. The molecule has 4 aromatic heterocycles. The number of fused-ring (bicyclic) bond motifs is 12. The van der Waals surface area contributed by atoms with Gasteiger partial charge in [-0.1, -0.05) is 343 Å². The van der Waals surface area contributed by atoms with E-state index in [0.717, 1.165) is 41.6 Å². The number of rotatable bonds is 4. The van der Waals surface area contributed by atoms with Gasteiger partial charge >= 0.3 is 0 Å². The molecular formula is C96H102N2S2. The third-order valence-electron chi connectivity index (χ3n) is 17.3. The van der Waals surface area contributed by atoms with Crippen LogP contribution in [0.25, 0.3) is 118 Å². The van der Waals surface area contributed by atoms with Gasteiger partial charge in [-0.25, -0.2) is 0 Å². The van der Waals surface area contributed by atoms with E-state index >= 15 is 0 Å². The van der Waals surface area contributed by atoms with E-state index in [1.54, 1.807) is 22.7 Å². The van der Waals surface area contributed by atoms with E-state index < -0.39 is 0 Å². The Balaban J connectivity index is 0.000000142. The van der Waals surface area contributed by atoms with Gasteiger partial charge in [0.25, 0.3) is 0 Å². The molecule has 0 unspecified atom stereocenters. The summed E-state index contributed by atoms with van der Waals surface area (Å²) in [7, 11) is 0. The lowest BCUT2D eigenvalue weighted by Gasteiger charge is -2.21. The summed E-state index contributed by atoms with van der Waals surface area (Å²) in [6, 6.07) is 74.0. The molecule has 16 rings (SSSR count). The van der Waals surface area contributed by atoms with E-state index in [-0.39, 0.29) is 99.1 Å². The van der Waals surface area contributed by atoms with E-state index in [0.29, 0.717) is 11.1 Å². The third-order valence-corrected chi connectivity index (χ3v) is 19.7. The second-order valence-corrected chi connectivity index (χ2v) is 33.1. The zero-order valence-corrected chi connectivity index (χ0v) is 63.2. The fourth-order valence-corrected chi connectivity index (χ4v) is 15.4. The van der Waals surface area contributed by atoms with Crippen molar-refractivity contribution >= 4 is 107 Å². The quantitative estimate of drug-likeness (QED) is 0.166. The predicted octanol–water partition coefficient (Wildman–Crippen LogP) is 29.5. The van der Waals surface area contributed by atoms with Crippen LogP contribution >= 0.6 is 22.7 Å². The smallest absolute Gasteiger partial charge is 0.0629 e. The van der Waals surface area contributed by atoms with Crippen molar-refractivity contribution < 1.29 is 15.1 Å². The largest absolute Gasteiger partial charge is 0.309 e. The second-order valence-electron chi connectivity index (χ2n) is 31.0. The third kappa shape index (κ3) is 16.0. The molecule has 12 aromatic carbocycles. The summed E-state index contributed by atoms with van der Waals surface area (Å²) in [6.45, 7) is 38.7. The van der Waals surface area contributed by atoms with Crippen LogP contribution < -0.4 is 0 Å². The van der Waals surface area contributed by atoms with E-state index in [1.165, 1.54) is 81.9 Å². The first-order chi connectivity index (χ1) is 52.1. The highest BCUT2D eigenvalue weighted by atomic mass is 32.1. The monoisotopic (exact) mass is 1360 g/mol. The van der Waals surface area contributed by atoms with Crippen LogP contribution in [0, 0.1) is 11.8 Å². The molecule has 0 aliphatic rings. The molecule has 0 fully saturated rings. The molecule has 0 spiro atoms. The van der Waals surface area contributed by atoms with Crippen LogP contribution in [-0.2, 0) is 21.7 Å². The molecule has 100 heavy (non-hydrogen) atoms. The maximum absolute atomic E-state index is 8.42. The zero-order valence-electron chi connectivity index (χ0n) is 72.6. The average molecular weight is 1360 g/mol. The van der Waals surface area contributed by atoms with Gasteiger partial charge in [-0.05, 0) is 139 Å². The summed E-state index contributed by atoms with van der Waals surface area (Å²) < 4.78 is 97.4. The first kappa shape index (κ1) is 58.5. The minimum absolute atomic E-state index is 0.0166. The molecule has 4 heteroatoms. The molecule has 0 aliphatic heterocycles. The molecule has 0 radical (unpaired) electrons. The molecule has 0 N–H and O–H groups in total. The first-order valence-corrected chi connectivity index (χ1v) is 36.5. The Morgan fingerprint density at radius 3 is 1.16 bits per heavy atom. The molecule has 2 nitrogen and oxygen atoms in total. The predicted molar refractivity (Wildman–Crippen MR) is 447 cm³/mol. The molecule has 0 aliphatic carbocycles. The Kier molecular flexibility index (Phi) is 17.7. The van der Waals surface area contributed by atoms with Crippen LogP contribution in [0.1, 0.15) is 162 Å².